The summed E-state index contributed by atoms with van der Waals surface area (Å²) in [5, 5.41) is 6.35. The number of fused-ring (bicyclic) bond motifs is 1. The number of amides is 2. The highest BCUT2D eigenvalue weighted by atomic mass is 16.2. The van der Waals surface area contributed by atoms with Crippen LogP contribution in [0.4, 0.5) is 0 Å². The van der Waals surface area contributed by atoms with E-state index in [1.165, 1.54) is 5.69 Å². The van der Waals surface area contributed by atoms with Crippen LogP contribution in [0.25, 0.3) is 0 Å². The van der Waals surface area contributed by atoms with E-state index in [0.29, 0.717) is 6.54 Å². The Morgan fingerprint density at radius 2 is 1.96 bits per heavy atom. The summed E-state index contributed by atoms with van der Waals surface area (Å²) in [6, 6.07) is 0.321. The van der Waals surface area contributed by atoms with Gasteiger partial charge in [-0.15, -0.1) is 0 Å². The van der Waals surface area contributed by atoms with Crippen molar-refractivity contribution in [2.75, 3.05) is 20.6 Å². The third-order valence-corrected chi connectivity index (χ3v) is 5.51. The number of hydrogen-bond donors (Lipinski definition) is 2. The number of hydrogen-bond acceptors (Lipinski definition) is 4. The monoisotopic (exact) mass is 361 g/mol. The Morgan fingerprint density at radius 1 is 1.23 bits per heavy atom. The van der Waals surface area contributed by atoms with Crippen LogP contribution in [0.15, 0.2) is 6.20 Å². The SMILES string of the molecule is Cc1ncc2n1CC(C(=O)N[C@H]1CCC[C@@H](NC(=O)CN(C)C)C1)CC2. The average molecular weight is 361 g/mol. The highest BCUT2D eigenvalue weighted by molar-refractivity contribution is 5.79. The van der Waals surface area contributed by atoms with Crippen LogP contribution in [-0.4, -0.2) is 59.0 Å². The molecule has 1 aromatic heterocycles. The summed E-state index contributed by atoms with van der Waals surface area (Å²) < 4.78 is 2.17. The fourth-order valence-electron chi connectivity index (χ4n) is 4.14. The molecule has 1 unspecified atom stereocenters. The van der Waals surface area contributed by atoms with Gasteiger partial charge in [-0.3, -0.25) is 9.59 Å². The molecule has 144 valence electrons. The number of aromatic nitrogens is 2. The van der Waals surface area contributed by atoms with Crippen LogP contribution in [0, 0.1) is 12.8 Å². The van der Waals surface area contributed by atoms with E-state index < -0.39 is 0 Å². The third-order valence-electron chi connectivity index (χ3n) is 5.51. The van der Waals surface area contributed by atoms with Crippen LogP contribution in [0.1, 0.15) is 43.6 Å². The van der Waals surface area contributed by atoms with Crippen molar-refractivity contribution in [1.82, 2.24) is 25.1 Å². The molecule has 3 rings (SSSR count). The number of likely N-dealkylation sites (N-methyl/N-ethyl adjacent to an activating group) is 1. The Balaban J connectivity index is 1.50. The smallest absolute Gasteiger partial charge is 0.234 e. The zero-order valence-corrected chi connectivity index (χ0v) is 16.1. The van der Waals surface area contributed by atoms with Gasteiger partial charge >= 0.3 is 0 Å². The zero-order chi connectivity index (χ0) is 18.7. The largest absolute Gasteiger partial charge is 0.353 e. The minimum Gasteiger partial charge on any atom is -0.353 e. The van der Waals surface area contributed by atoms with Crippen molar-refractivity contribution in [2.45, 2.75) is 64.1 Å². The van der Waals surface area contributed by atoms with Crippen LogP contribution >= 0.6 is 0 Å². The lowest BCUT2D eigenvalue weighted by molar-refractivity contribution is -0.126. The van der Waals surface area contributed by atoms with Crippen molar-refractivity contribution in [2.24, 2.45) is 5.92 Å². The normalized spacial score (nSPS) is 25.6. The minimum atomic E-state index is 0.0131. The van der Waals surface area contributed by atoms with Crippen molar-refractivity contribution >= 4 is 11.8 Å². The summed E-state index contributed by atoms with van der Waals surface area (Å²) in [6.45, 7) is 3.12. The van der Waals surface area contributed by atoms with Gasteiger partial charge < -0.3 is 20.1 Å². The molecule has 1 saturated carbocycles. The predicted octanol–water partition coefficient (Wildman–Crippen LogP) is 0.859. The molecule has 0 aromatic carbocycles. The first-order valence-electron chi connectivity index (χ1n) is 9.68. The highest BCUT2D eigenvalue weighted by Gasteiger charge is 2.29. The zero-order valence-electron chi connectivity index (χ0n) is 16.1. The second-order valence-electron chi connectivity index (χ2n) is 8.02. The van der Waals surface area contributed by atoms with E-state index >= 15 is 0 Å². The van der Waals surface area contributed by atoms with Gasteiger partial charge in [-0.05, 0) is 59.5 Å². The number of imidazole rings is 1. The summed E-state index contributed by atoms with van der Waals surface area (Å²) in [7, 11) is 3.78. The van der Waals surface area contributed by atoms with Crippen LogP contribution in [0.3, 0.4) is 0 Å². The van der Waals surface area contributed by atoms with Gasteiger partial charge in [0.25, 0.3) is 0 Å². The molecule has 26 heavy (non-hydrogen) atoms. The average Bonchev–Trinajstić information content (AvgIpc) is 2.95. The molecule has 1 aromatic rings. The van der Waals surface area contributed by atoms with E-state index in [-0.39, 0.29) is 29.8 Å². The van der Waals surface area contributed by atoms with E-state index in [9.17, 15) is 9.59 Å². The molecule has 0 radical (unpaired) electrons. The first kappa shape index (κ1) is 18.9. The van der Waals surface area contributed by atoms with Crippen molar-refractivity contribution in [1.29, 1.82) is 0 Å². The summed E-state index contributed by atoms with van der Waals surface area (Å²) in [4.78, 5) is 30.9. The van der Waals surface area contributed by atoms with Gasteiger partial charge in [0.15, 0.2) is 0 Å². The molecule has 7 heteroatoms. The molecule has 1 aliphatic heterocycles. The van der Waals surface area contributed by atoms with Gasteiger partial charge in [0.2, 0.25) is 11.8 Å². The Labute approximate surface area is 155 Å². The molecular formula is C19H31N5O2. The maximum Gasteiger partial charge on any atom is 0.234 e. The molecule has 7 nitrogen and oxygen atoms in total. The Hall–Kier alpha value is -1.89. The van der Waals surface area contributed by atoms with Gasteiger partial charge in [-0.2, -0.15) is 0 Å². The predicted molar refractivity (Wildman–Crippen MR) is 99.7 cm³/mol. The Morgan fingerprint density at radius 3 is 2.69 bits per heavy atom. The number of rotatable bonds is 5. The molecule has 2 heterocycles. The number of aryl methyl sites for hydroxylation is 2. The molecule has 0 saturated heterocycles. The summed E-state index contributed by atoms with van der Waals surface area (Å²) >= 11 is 0. The fourth-order valence-corrected chi connectivity index (χ4v) is 4.14. The fraction of sp³-hybridized carbons (Fsp3) is 0.737. The highest BCUT2D eigenvalue weighted by Crippen LogP contribution is 2.23. The van der Waals surface area contributed by atoms with Crippen LogP contribution in [0.2, 0.25) is 0 Å². The first-order valence-corrected chi connectivity index (χ1v) is 9.68. The Kier molecular flexibility index (Phi) is 5.96. The number of carbonyl (C=O) groups excluding carboxylic acids is 2. The lowest BCUT2D eigenvalue weighted by Crippen LogP contribution is -2.49. The second kappa shape index (κ2) is 8.20. The number of nitrogens with one attached hydrogen (secondary N) is 2. The summed E-state index contributed by atoms with van der Waals surface area (Å²) in [6.07, 6.45) is 7.56. The number of carbonyl (C=O) groups is 2. The quantitative estimate of drug-likeness (QED) is 0.815. The van der Waals surface area contributed by atoms with Crippen molar-refractivity contribution in [3.05, 3.63) is 17.7 Å². The molecule has 2 N–H and O–H groups in total. The number of nitrogens with zero attached hydrogens (tertiary/aromatic N) is 3. The van der Waals surface area contributed by atoms with Gasteiger partial charge in [0.1, 0.15) is 5.82 Å². The van der Waals surface area contributed by atoms with Gasteiger partial charge in [-0.25, -0.2) is 4.98 Å². The van der Waals surface area contributed by atoms with E-state index in [1.54, 1.807) is 0 Å². The summed E-state index contributed by atoms with van der Waals surface area (Å²) in [5.41, 5.74) is 1.23. The van der Waals surface area contributed by atoms with Crippen LogP contribution in [-0.2, 0) is 22.6 Å². The summed E-state index contributed by atoms with van der Waals surface area (Å²) in [5.74, 6) is 1.20. The van der Waals surface area contributed by atoms with Gasteiger partial charge in [0, 0.05) is 30.5 Å². The maximum absolute atomic E-state index is 12.7. The molecular weight excluding hydrogens is 330 g/mol. The standard InChI is InChI=1S/C19H31N5O2/c1-13-20-10-17-8-7-14(11-24(13)17)19(26)22-16-6-4-5-15(9-16)21-18(25)12-23(2)3/h10,14-16H,4-9,11-12H2,1-3H3,(H,21,25)(H,22,26)/t14?,15-,16+/m1/s1. The first-order chi connectivity index (χ1) is 12.4. The minimum absolute atomic E-state index is 0.0131. The third kappa shape index (κ3) is 4.63. The van der Waals surface area contributed by atoms with E-state index in [1.807, 2.05) is 32.1 Å². The van der Waals surface area contributed by atoms with Gasteiger partial charge in [-0.1, -0.05) is 0 Å². The van der Waals surface area contributed by atoms with Gasteiger partial charge in [0.05, 0.1) is 12.5 Å². The molecule has 0 bridgehead atoms. The molecule has 2 aliphatic rings. The Bertz CT molecular complexity index is 654. The van der Waals surface area contributed by atoms with E-state index in [2.05, 4.69) is 20.2 Å². The van der Waals surface area contributed by atoms with Crippen molar-refractivity contribution in [3.8, 4) is 0 Å². The van der Waals surface area contributed by atoms with Crippen LogP contribution in [0.5, 0.6) is 0 Å². The van der Waals surface area contributed by atoms with Crippen molar-refractivity contribution in [3.63, 3.8) is 0 Å². The molecule has 0 spiro atoms. The molecule has 1 fully saturated rings. The van der Waals surface area contributed by atoms with E-state index in [4.69, 9.17) is 0 Å². The molecule has 2 amide bonds. The lowest BCUT2D eigenvalue weighted by atomic mass is 9.89. The maximum atomic E-state index is 12.7. The molecule has 1 aliphatic carbocycles. The van der Waals surface area contributed by atoms with Crippen LogP contribution < -0.4 is 10.6 Å². The molecule has 3 atom stereocenters. The second-order valence-corrected chi connectivity index (χ2v) is 8.02. The topological polar surface area (TPSA) is 79.3 Å². The van der Waals surface area contributed by atoms with Crippen molar-refractivity contribution < 1.29 is 9.59 Å². The lowest BCUT2D eigenvalue weighted by Gasteiger charge is -2.32. The van der Waals surface area contributed by atoms with E-state index in [0.717, 1.165) is 50.9 Å².